The first-order chi connectivity index (χ1) is 41.1. The Morgan fingerprint density at radius 1 is 0.169 bits per heavy atom. The van der Waals surface area contributed by atoms with Gasteiger partial charge in [-0.3, -0.25) is 0 Å². The van der Waals surface area contributed by atoms with Crippen molar-refractivity contribution in [3.63, 3.8) is 0 Å². The van der Waals surface area contributed by atoms with Crippen LogP contribution < -0.4 is 0 Å². The van der Waals surface area contributed by atoms with Gasteiger partial charge in [0.25, 0.3) is 0 Å². The van der Waals surface area contributed by atoms with Crippen LogP contribution >= 0.6 is 0 Å². The number of rotatable bonds is 7. The fourth-order valence-electron chi connectivity index (χ4n) is 13.5. The lowest BCUT2D eigenvalue weighted by Crippen LogP contribution is -1.94. The molecule has 0 aliphatic rings. The highest BCUT2D eigenvalue weighted by Gasteiger charge is 2.20. The summed E-state index contributed by atoms with van der Waals surface area (Å²) in [5, 5.41) is 11.8. The minimum absolute atomic E-state index is 0.874. The first kappa shape index (κ1) is 45.7. The van der Waals surface area contributed by atoms with Gasteiger partial charge in [0.2, 0.25) is 0 Å². The minimum atomic E-state index is 0.874. The van der Waals surface area contributed by atoms with E-state index in [9.17, 15) is 0 Å². The molecule has 0 fully saturated rings. The van der Waals surface area contributed by atoms with Crippen molar-refractivity contribution in [2.45, 2.75) is 0 Å². The van der Waals surface area contributed by atoms with Crippen molar-refractivity contribution in [2.75, 3.05) is 0 Å². The number of fused-ring (bicyclic) bond motifs is 15. The second kappa shape index (κ2) is 17.7. The van der Waals surface area contributed by atoms with Crippen LogP contribution in [-0.4, -0.2) is 13.7 Å². The van der Waals surface area contributed by atoms with E-state index in [0.717, 1.165) is 105 Å². The molecule has 0 amide bonds. The van der Waals surface area contributed by atoms with Crippen molar-refractivity contribution in [3.8, 4) is 61.6 Å². The highest BCUT2D eigenvalue weighted by Crippen LogP contribution is 2.43. The molecule has 83 heavy (non-hydrogen) atoms. The van der Waals surface area contributed by atoms with Gasteiger partial charge in [0.15, 0.2) is 0 Å². The Hall–Kier alpha value is -11.1. The van der Waals surface area contributed by atoms with E-state index < -0.39 is 0 Å². The molecule has 0 aliphatic heterocycles. The van der Waals surface area contributed by atoms with E-state index >= 15 is 0 Å². The van der Waals surface area contributed by atoms with Crippen molar-refractivity contribution in [1.29, 1.82) is 0 Å². The van der Waals surface area contributed by atoms with E-state index in [1.165, 1.54) is 65.5 Å². The van der Waals surface area contributed by atoms with Gasteiger partial charge < -0.3 is 22.5 Å². The molecule has 386 valence electrons. The summed E-state index contributed by atoms with van der Waals surface area (Å²) in [6.07, 6.45) is 0. The molecule has 0 spiro atoms. The zero-order valence-corrected chi connectivity index (χ0v) is 44.8. The molecule has 5 heteroatoms. The molecule has 18 aromatic rings. The zero-order chi connectivity index (χ0) is 54.3. The molecule has 0 atom stereocenters. The first-order valence-corrected chi connectivity index (χ1v) is 28.4. The van der Waals surface area contributed by atoms with Crippen LogP contribution in [-0.2, 0) is 0 Å². The van der Waals surface area contributed by atoms with Crippen molar-refractivity contribution in [3.05, 3.63) is 285 Å². The molecule has 0 aliphatic carbocycles. The van der Waals surface area contributed by atoms with Crippen LogP contribution in [0.3, 0.4) is 0 Å². The Bertz CT molecular complexity index is 5690. The molecule has 0 bridgehead atoms. The van der Waals surface area contributed by atoms with Crippen molar-refractivity contribution < 1.29 is 8.83 Å². The molecule has 0 saturated heterocycles. The van der Waals surface area contributed by atoms with Crippen molar-refractivity contribution >= 4 is 109 Å². The molecule has 0 saturated carbocycles. The van der Waals surface area contributed by atoms with E-state index in [1.54, 1.807) is 0 Å². The third kappa shape index (κ3) is 7.01. The topological polar surface area (TPSA) is 41.1 Å². The predicted molar refractivity (Wildman–Crippen MR) is 346 cm³/mol. The van der Waals surface area contributed by atoms with Crippen LogP contribution in [0, 0.1) is 0 Å². The summed E-state index contributed by atoms with van der Waals surface area (Å²) in [7, 11) is 0. The molecular weight excluding hydrogens is 1010 g/mol. The van der Waals surface area contributed by atoms with Crippen LogP contribution in [0.5, 0.6) is 0 Å². The Morgan fingerprint density at radius 2 is 0.434 bits per heavy atom. The number of nitrogens with zero attached hydrogens (tertiary/aromatic N) is 3. The number of aromatic nitrogens is 3. The third-order valence-corrected chi connectivity index (χ3v) is 17.4. The lowest BCUT2D eigenvalue weighted by molar-refractivity contribution is 0.668. The number of para-hydroxylation sites is 5. The molecule has 0 unspecified atom stereocenters. The van der Waals surface area contributed by atoms with Gasteiger partial charge in [-0.25, -0.2) is 0 Å². The molecule has 13 aromatic carbocycles. The maximum atomic E-state index is 6.52. The molecule has 5 aromatic heterocycles. The summed E-state index contributed by atoms with van der Waals surface area (Å²) in [5.74, 6) is 0. The summed E-state index contributed by atoms with van der Waals surface area (Å²) in [5.41, 5.74) is 23.2. The molecular formula is C78H47N3O2. The Morgan fingerprint density at radius 3 is 0.795 bits per heavy atom. The number of hydrogen-bond acceptors (Lipinski definition) is 2. The number of furan rings is 2. The van der Waals surface area contributed by atoms with Gasteiger partial charge in [0.1, 0.15) is 22.3 Å². The van der Waals surface area contributed by atoms with Gasteiger partial charge >= 0.3 is 0 Å². The van der Waals surface area contributed by atoms with E-state index in [0.29, 0.717) is 0 Å². The van der Waals surface area contributed by atoms with Gasteiger partial charge in [-0.05, 0) is 184 Å². The largest absolute Gasteiger partial charge is 0.456 e. The fourth-order valence-corrected chi connectivity index (χ4v) is 13.5. The number of hydrogen-bond donors (Lipinski definition) is 0. The molecule has 5 nitrogen and oxygen atoms in total. The zero-order valence-electron chi connectivity index (χ0n) is 44.8. The van der Waals surface area contributed by atoms with Gasteiger partial charge in [-0.1, -0.05) is 146 Å². The molecule has 5 heterocycles. The second-order valence-electron chi connectivity index (χ2n) is 22.0. The quantitative estimate of drug-likeness (QED) is 0.160. The third-order valence-electron chi connectivity index (χ3n) is 17.4. The van der Waals surface area contributed by atoms with Gasteiger partial charge in [-0.2, -0.15) is 0 Å². The molecule has 0 radical (unpaired) electrons. The van der Waals surface area contributed by atoms with Gasteiger partial charge in [0.05, 0.1) is 33.1 Å². The van der Waals surface area contributed by atoms with Crippen LogP contribution in [0.4, 0.5) is 0 Å². The van der Waals surface area contributed by atoms with Crippen LogP contribution in [0.25, 0.3) is 171 Å². The van der Waals surface area contributed by atoms with E-state index in [4.69, 9.17) is 8.83 Å². The fraction of sp³-hybridized carbons (Fsp3) is 0. The van der Waals surface area contributed by atoms with Crippen LogP contribution in [0.15, 0.2) is 294 Å². The van der Waals surface area contributed by atoms with Crippen LogP contribution in [0.1, 0.15) is 0 Å². The van der Waals surface area contributed by atoms with E-state index in [-0.39, 0.29) is 0 Å². The maximum Gasteiger partial charge on any atom is 0.135 e. The highest BCUT2D eigenvalue weighted by atomic mass is 16.3. The monoisotopic (exact) mass is 1060 g/mol. The standard InChI is InChI=1S/C78H47N3O2/c1-3-15-56(16-4-1)79-69-23-10-7-20-59(69)62-41-49(26-33-72(62)79)53-30-37-76-66(45-53)65-44-52(29-36-75(65)82-76)48-14-13-19-58(40-48)81-71-25-12-9-22-61(71)64-43-51(28-35-74(64)81)55-32-39-78-68(47-55)67-46-54(31-38-77(67)83-78)50-27-34-73-63(42-50)60-21-8-11-24-70(60)80(73)57-17-5-2-6-18-57/h1-47H. The summed E-state index contributed by atoms with van der Waals surface area (Å²) >= 11 is 0. The smallest absolute Gasteiger partial charge is 0.135 e. The normalized spacial score (nSPS) is 12.1. The Balaban J connectivity index is 0.691. The average Bonchev–Trinajstić information content (AvgIpc) is 4.17. The van der Waals surface area contributed by atoms with Gasteiger partial charge in [-0.15, -0.1) is 0 Å². The predicted octanol–water partition coefficient (Wildman–Crippen LogP) is 21.4. The van der Waals surface area contributed by atoms with E-state index in [2.05, 4.69) is 299 Å². The highest BCUT2D eigenvalue weighted by molar-refractivity contribution is 6.15. The summed E-state index contributed by atoms with van der Waals surface area (Å²) in [6, 6.07) is 103. The average molecular weight is 1060 g/mol. The Kier molecular flexibility index (Phi) is 9.73. The minimum Gasteiger partial charge on any atom is -0.456 e. The first-order valence-electron chi connectivity index (χ1n) is 28.4. The van der Waals surface area contributed by atoms with Gasteiger partial charge in [0, 0.05) is 70.9 Å². The van der Waals surface area contributed by atoms with E-state index in [1.807, 2.05) is 0 Å². The second-order valence-corrected chi connectivity index (χ2v) is 22.0. The summed E-state index contributed by atoms with van der Waals surface area (Å²) in [6.45, 7) is 0. The summed E-state index contributed by atoms with van der Waals surface area (Å²) in [4.78, 5) is 0. The Labute approximate surface area is 475 Å². The SMILES string of the molecule is c1ccc(-n2c3ccccc3c3cc(-c4ccc5oc6ccc(-c7cccc(-n8c9ccccc9c9cc(-c%10ccc%11oc%12ccc(-c%13ccc%14c(c%13)c%13ccccc%13n%14-c%13ccccc%13)cc%12c%11c%10)ccc98)c7)cc6c5c4)ccc32)cc1. The summed E-state index contributed by atoms with van der Waals surface area (Å²) < 4.78 is 20.2. The lowest BCUT2D eigenvalue weighted by Gasteiger charge is -2.11. The molecule has 18 rings (SSSR count). The van der Waals surface area contributed by atoms with Crippen molar-refractivity contribution in [1.82, 2.24) is 13.7 Å². The van der Waals surface area contributed by atoms with Crippen molar-refractivity contribution in [2.24, 2.45) is 0 Å². The lowest BCUT2D eigenvalue weighted by atomic mass is 9.98. The maximum absolute atomic E-state index is 6.52. The molecule has 0 N–H and O–H groups in total. The number of benzene rings is 13. The van der Waals surface area contributed by atoms with Crippen LogP contribution in [0.2, 0.25) is 0 Å².